The minimum absolute atomic E-state index is 0.0118. The molecule has 6 heteroatoms. The molecule has 1 aromatic heterocycles. The number of hydrogen-bond acceptors (Lipinski definition) is 3. The molecule has 1 aliphatic rings. The van der Waals surface area contributed by atoms with E-state index in [-0.39, 0.29) is 18.4 Å². The number of urea groups is 1. The number of rotatable bonds is 5. The number of carbonyl (C=O) groups excluding carboxylic acids is 3. The zero-order valence-corrected chi connectivity index (χ0v) is 14.5. The molecule has 1 saturated carbocycles. The van der Waals surface area contributed by atoms with Crippen LogP contribution in [0.4, 0.5) is 4.79 Å². The van der Waals surface area contributed by atoms with Crippen LogP contribution in [0.5, 0.6) is 0 Å². The van der Waals surface area contributed by atoms with Gasteiger partial charge in [0, 0.05) is 29.3 Å². The highest BCUT2D eigenvalue weighted by atomic mass is 16.2. The number of aromatic nitrogens is 1. The standard InChI is InChI=1S/C20H21N3O3/c24-18(22-20(26)21-17-8-4-5-9-17)14-23-12-10-16(11-13-23)19(25)15-6-2-1-3-7-15/h1-3,6-7,10-13,17H,4-5,8-9,14H2,(H-,21,22,24,26)/p+1. The largest absolute Gasteiger partial charge is 0.335 e. The summed E-state index contributed by atoms with van der Waals surface area (Å²) in [7, 11) is 0. The summed E-state index contributed by atoms with van der Waals surface area (Å²) in [4.78, 5) is 36.1. The summed E-state index contributed by atoms with van der Waals surface area (Å²) in [6.07, 6.45) is 7.47. The third-order valence-electron chi connectivity index (χ3n) is 4.46. The second-order valence-electron chi connectivity index (χ2n) is 6.46. The fraction of sp³-hybridized carbons (Fsp3) is 0.300. The van der Waals surface area contributed by atoms with E-state index in [1.54, 1.807) is 41.2 Å². The van der Waals surface area contributed by atoms with Crippen molar-refractivity contribution in [3.63, 3.8) is 0 Å². The average molecular weight is 352 g/mol. The van der Waals surface area contributed by atoms with E-state index in [0.29, 0.717) is 11.1 Å². The molecule has 6 nitrogen and oxygen atoms in total. The number of amides is 3. The van der Waals surface area contributed by atoms with Crippen molar-refractivity contribution in [3.05, 3.63) is 66.0 Å². The molecule has 2 aromatic rings. The summed E-state index contributed by atoms with van der Waals surface area (Å²) in [5, 5.41) is 5.15. The minimum atomic E-state index is -0.446. The lowest BCUT2D eigenvalue weighted by molar-refractivity contribution is -0.684. The molecule has 0 radical (unpaired) electrons. The number of benzene rings is 1. The van der Waals surface area contributed by atoms with Crippen molar-refractivity contribution in [2.24, 2.45) is 0 Å². The van der Waals surface area contributed by atoms with Crippen LogP contribution in [-0.4, -0.2) is 23.8 Å². The van der Waals surface area contributed by atoms with Crippen LogP contribution < -0.4 is 15.2 Å². The van der Waals surface area contributed by atoms with Crippen molar-refractivity contribution >= 4 is 17.7 Å². The summed E-state index contributed by atoms with van der Waals surface area (Å²) in [5.74, 6) is -0.467. The van der Waals surface area contributed by atoms with Gasteiger partial charge >= 0.3 is 6.03 Å². The molecule has 1 heterocycles. The highest BCUT2D eigenvalue weighted by Crippen LogP contribution is 2.17. The fourth-order valence-corrected chi connectivity index (χ4v) is 3.09. The van der Waals surface area contributed by atoms with Crippen molar-refractivity contribution in [2.45, 2.75) is 38.3 Å². The molecule has 0 spiro atoms. The number of ketones is 1. The third kappa shape index (κ3) is 4.75. The number of nitrogens with one attached hydrogen (secondary N) is 2. The Bertz CT molecular complexity index is 782. The Morgan fingerprint density at radius 3 is 2.19 bits per heavy atom. The van der Waals surface area contributed by atoms with Gasteiger partial charge in [-0.3, -0.25) is 14.9 Å². The number of nitrogens with zero attached hydrogens (tertiary/aromatic N) is 1. The monoisotopic (exact) mass is 352 g/mol. The van der Waals surface area contributed by atoms with Gasteiger partial charge in [0.15, 0.2) is 18.2 Å². The second kappa shape index (κ2) is 8.38. The number of imide groups is 1. The molecule has 0 saturated heterocycles. The van der Waals surface area contributed by atoms with Crippen LogP contribution in [0.25, 0.3) is 0 Å². The predicted molar refractivity (Wildman–Crippen MR) is 95.4 cm³/mol. The zero-order valence-electron chi connectivity index (χ0n) is 14.5. The molecule has 0 bridgehead atoms. The SMILES string of the molecule is O=C(C[n+]1ccc(C(=O)c2ccccc2)cc1)NC(=O)NC1CCCC1. The van der Waals surface area contributed by atoms with Gasteiger partial charge in [0.05, 0.1) is 0 Å². The Balaban J connectivity index is 1.52. The number of carbonyl (C=O) groups is 3. The summed E-state index contributed by atoms with van der Waals surface area (Å²) in [6, 6.07) is 12.1. The Labute approximate surface area is 152 Å². The van der Waals surface area contributed by atoms with Crippen molar-refractivity contribution in [2.75, 3.05) is 0 Å². The molecular formula is C20H22N3O3+. The summed E-state index contributed by atoms with van der Waals surface area (Å²) in [6.45, 7) is 0.0118. The van der Waals surface area contributed by atoms with Crippen molar-refractivity contribution in [1.82, 2.24) is 10.6 Å². The molecule has 134 valence electrons. The Morgan fingerprint density at radius 1 is 0.923 bits per heavy atom. The van der Waals surface area contributed by atoms with E-state index in [9.17, 15) is 14.4 Å². The molecule has 2 N–H and O–H groups in total. The second-order valence-corrected chi connectivity index (χ2v) is 6.46. The van der Waals surface area contributed by atoms with Crippen LogP contribution in [-0.2, 0) is 11.3 Å². The lowest BCUT2D eigenvalue weighted by Crippen LogP contribution is -2.49. The van der Waals surface area contributed by atoms with Crippen LogP contribution in [0.15, 0.2) is 54.9 Å². The molecule has 1 aliphatic carbocycles. The van der Waals surface area contributed by atoms with Crippen LogP contribution in [0.2, 0.25) is 0 Å². The molecular weight excluding hydrogens is 330 g/mol. The zero-order chi connectivity index (χ0) is 18.4. The van der Waals surface area contributed by atoms with Gasteiger partial charge in [-0.15, -0.1) is 0 Å². The predicted octanol–water partition coefficient (Wildman–Crippen LogP) is 1.97. The van der Waals surface area contributed by atoms with Crippen LogP contribution in [0, 0.1) is 0 Å². The van der Waals surface area contributed by atoms with E-state index in [2.05, 4.69) is 10.6 Å². The first-order valence-corrected chi connectivity index (χ1v) is 8.81. The molecule has 1 aromatic carbocycles. The quantitative estimate of drug-likeness (QED) is 0.638. The van der Waals surface area contributed by atoms with Gasteiger partial charge in [-0.05, 0) is 12.8 Å². The first-order chi connectivity index (χ1) is 12.6. The van der Waals surface area contributed by atoms with Gasteiger partial charge in [-0.2, -0.15) is 4.57 Å². The normalized spacial score (nSPS) is 14.0. The molecule has 0 aliphatic heterocycles. The Hall–Kier alpha value is -3.02. The van der Waals surface area contributed by atoms with Crippen molar-refractivity contribution in [3.8, 4) is 0 Å². The van der Waals surface area contributed by atoms with Crippen molar-refractivity contribution < 1.29 is 19.0 Å². The first kappa shape index (κ1) is 17.8. The maximum atomic E-state index is 12.3. The molecule has 26 heavy (non-hydrogen) atoms. The fourth-order valence-electron chi connectivity index (χ4n) is 3.09. The topological polar surface area (TPSA) is 79.2 Å². The lowest BCUT2D eigenvalue weighted by atomic mass is 10.0. The molecule has 3 rings (SSSR count). The summed E-state index contributed by atoms with van der Waals surface area (Å²) >= 11 is 0. The van der Waals surface area contributed by atoms with Gasteiger partial charge in [-0.1, -0.05) is 43.2 Å². The first-order valence-electron chi connectivity index (χ1n) is 8.81. The van der Waals surface area contributed by atoms with E-state index in [0.717, 1.165) is 25.7 Å². The van der Waals surface area contributed by atoms with Gasteiger partial charge in [0.2, 0.25) is 6.54 Å². The smallest absolute Gasteiger partial charge is 0.321 e. The van der Waals surface area contributed by atoms with E-state index < -0.39 is 11.9 Å². The molecule has 0 unspecified atom stereocenters. The number of hydrogen-bond donors (Lipinski definition) is 2. The Morgan fingerprint density at radius 2 is 1.54 bits per heavy atom. The van der Waals surface area contributed by atoms with E-state index in [1.165, 1.54) is 0 Å². The average Bonchev–Trinajstić information content (AvgIpc) is 3.15. The molecule has 1 fully saturated rings. The number of pyridine rings is 1. The maximum absolute atomic E-state index is 12.3. The summed E-state index contributed by atoms with van der Waals surface area (Å²) < 4.78 is 1.62. The Kier molecular flexibility index (Phi) is 5.73. The van der Waals surface area contributed by atoms with Crippen molar-refractivity contribution in [1.29, 1.82) is 0 Å². The van der Waals surface area contributed by atoms with Crippen LogP contribution in [0.3, 0.4) is 0 Å². The van der Waals surface area contributed by atoms with Gasteiger partial charge in [0.25, 0.3) is 5.91 Å². The molecule has 3 amide bonds. The lowest BCUT2D eigenvalue weighted by Gasteiger charge is -2.11. The molecule has 0 atom stereocenters. The minimum Gasteiger partial charge on any atom is -0.335 e. The van der Waals surface area contributed by atoms with E-state index >= 15 is 0 Å². The highest BCUT2D eigenvalue weighted by molar-refractivity contribution is 6.08. The van der Waals surface area contributed by atoms with E-state index in [1.807, 2.05) is 18.2 Å². The van der Waals surface area contributed by atoms with E-state index in [4.69, 9.17) is 0 Å². The van der Waals surface area contributed by atoms with Crippen LogP contribution >= 0.6 is 0 Å². The van der Waals surface area contributed by atoms with Gasteiger partial charge in [0.1, 0.15) is 0 Å². The highest BCUT2D eigenvalue weighted by Gasteiger charge is 2.19. The maximum Gasteiger partial charge on any atom is 0.321 e. The van der Waals surface area contributed by atoms with Crippen LogP contribution in [0.1, 0.15) is 41.6 Å². The summed E-state index contributed by atoms with van der Waals surface area (Å²) in [5.41, 5.74) is 1.17. The third-order valence-corrected chi connectivity index (χ3v) is 4.46. The van der Waals surface area contributed by atoms with Gasteiger partial charge in [-0.25, -0.2) is 4.79 Å². The van der Waals surface area contributed by atoms with Gasteiger partial charge < -0.3 is 5.32 Å².